The Bertz CT molecular complexity index is 995. The zero-order valence-corrected chi connectivity index (χ0v) is 15.2. The van der Waals surface area contributed by atoms with Crippen molar-refractivity contribution in [2.24, 2.45) is 0 Å². The minimum atomic E-state index is -0.387. The minimum absolute atomic E-state index is 0.0171. The highest BCUT2D eigenvalue weighted by atomic mass is 32.1. The van der Waals surface area contributed by atoms with Gasteiger partial charge in [0.05, 0.1) is 0 Å². The molecule has 2 aromatic carbocycles. The fourth-order valence-electron chi connectivity index (χ4n) is 2.52. The molecule has 1 heterocycles. The number of amides is 2. The number of benzene rings is 2. The monoisotopic (exact) mass is 378 g/mol. The molecule has 0 spiro atoms. The molecule has 0 saturated heterocycles. The summed E-state index contributed by atoms with van der Waals surface area (Å²) < 4.78 is 1.83. The van der Waals surface area contributed by atoms with E-state index in [1.54, 1.807) is 6.08 Å². The summed E-state index contributed by atoms with van der Waals surface area (Å²) in [7, 11) is 0. The van der Waals surface area contributed by atoms with Gasteiger partial charge in [0.2, 0.25) is 5.91 Å². The second kappa shape index (κ2) is 8.77. The molecule has 7 heteroatoms. The summed E-state index contributed by atoms with van der Waals surface area (Å²) in [5.74, 6) is -0.671. The summed E-state index contributed by atoms with van der Waals surface area (Å²) in [5, 5.41) is 3.55. The van der Waals surface area contributed by atoms with Gasteiger partial charge >= 0.3 is 0 Å². The van der Waals surface area contributed by atoms with E-state index in [2.05, 4.69) is 16.2 Å². The van der Waals surface area contributed by atoms with Crippen LogP contribution in [-0.2, 0) is 16.1 Å². The minimum Gasteiger partial charge on any atom is -0.338 e. The second-order valence-corrected chi connectivity index (χ2v) is 6.15. The number of rotatable bonds is 4. The number of nitrogens with zero attached hydrogens (tertiary/aromatic N) is 1. The number of hydrogen-bond donors (Lipinski definition) is 3. The van der Waals surface area contributed by atoms with Crippen LogP contribution in [0.1, 0.15) is 5.56 Å². The molecule has 3 rings (SSSR count). The van der Waals surface area contributed by atoms with Gasteiger partial charge in [-0.15, -0.1) is 0 Å². The summed E-state index contributed by atoms with van der Waals surface area (Å²) in [6, 6.07) is 19.2. The van der Waals surface area contributed by atoms with Gasteiger partial charge in [-0.3, -0.25) is 25.8 Å². The van der Waals surface area contributed by atoms with Crippen molar-refractivity contribution in [2.75, 3.05) is 0 Å². The lowest BCUT2D eigenvalue weighted by molar-refractivity contribution is -0.122. The quantitative estimate of drug-likeness (QED) is 0.370. The average Bonchev–Trinajstić information content (AvgIpc) is 3.08. The molecule has 136 valence electrons. The smallest absolute Gasteiger partial charge is 0.258 e. The van der Waals surface area contributed by atoms with Crippen molar-refractivity contribution in [2.45, 2.75) is 6.54 Å². The van der Waals surface area contributed by atoms with Crippen molar-refractivity contribution in [3.05, 3.63) is 78.5 Å². The lowest BCUT2D eigenvalue weighted by Crippen LogP contribution is -2.48. The molecule has 0 saturated carbocycles. The third kappa shape index (κ3) is 5.26. The number of hydrogen-bond acceptors (Lipinski definition) is 3. The van der Waals surface area contributed by atoms with Crippen LogP contribution < -0.4 is 16.2 Å². The van der Waals surface area contributed by atoms with E-state index in [0.29, 0.717) is 0 Å². The molecule has 0 atom stereocenters. The molecule has 3 N–H and O–H groups in total. The van der Waals surface area contributed by atoms with Crippen molar-refractivity contribution in [1.29, 1.82) is 0 Å². The molecule has 0 unspecified atom stereocenters. The first kappa shape index (κ1) is 18.3. The van der Waals surface area contributed by atoms with E-state index in [0.717, 1.165) is 16.5 Å². The van der Waals surface area contributed by atoms with E-state index >= 15 is 0 Å². The van der Waals surface area contributed by atoms with Gasteiger partial charge in [-0.2, -0.15) is 0 Å². The molecule has 0 aliphatic heterocycles. The second-order valence-electron chi connectivity index (χ2n) is 5.74. The number of nitrogens with one attached hydrogen (secondary N) is 3. The van der Waals surface area contributed by atoms with E-state index in [1.165, 1.54) is 6.08 Å². The maximum absolute atomic E-state index is 12.1. The molecule has 1 aromatic heterocycles. The standard InChI is InChI=1S/C20H18N4O2S/c25-18(11-10-15-6-2-1-3-7-15)21-20(27)23-22-19(26)14-24-13-12-16-8-4-5-9-17(16)24/h1-13H,14H2,(H,22,26)(H2,21,23,25,27)/b11-10+. The van der Waals surface area contributed by atoms with Crippen LogP contribution >= 0.6 is 12.2 Å². The maximum atomic E-state index is 12.1. The van der Waals surface area contributed by atoms with Gasteiger partial charge in [-0.1, -0.05) is 48.5 Å². The van der Waals surface area contributed by atoms with Crippen molar-refractivity contribution in [3.63, 3.8) is 0 Å². The summed E-state index contributed by atoms with van der Waals surface area (Å²) in [5.41, 5.74) is 6.87. The van der Waals surface area contributed by atoms with E-state index in [9.17, 15) is 9.59 Å². The molecule has 6 nitrogen and oxygen atoms in total. The van der Waals surface area contributed by atoms with Gasteiger partial charge in [-0.25, -0.2) is 0 Å². The van der Waals surface area contributed by atoms with Crippen LogP contribution in [0.25, 0.3) is 17.0 Å². The molecular weight excluding hydrogens is 360 g/mol. The highest BCUT2D eigenvalue weighted by Crippen LogP contribution is 2.14. The fourth-order valence-corrected chi connectivity index (χ4v) is 2.67. The van der Waals surface area contributed by atoms with Gasteiger partial charge in [0.15, 0.2) is 5.11 Å². The molecule has 0 radical (unpaired) electrons. The number of para-hydroxylation sites is 1. The number of thiocarbonyl (C=S) groups is 1. The first-order valence-electron chi connectivity index (χ1n) is 8.28. The predicted molar refractivity (Wildman–Crippen MR) is 109 cm³/mol. The topological polar surface area (TPSA) is 75.2 Å². The molecular formula is C20H18N4O2S. The molecule has 27 heavy (non-hydrogen) atoms. The summed E-state index contributed by atoms with van der Waals surface area (Å²) in [4.78, 5) is 23.9. The zero-order valence-electron chi connectivity index (χ0n) is 14.4. The van der Waals surface area contributed by atoms with E-state index in [1.807, 2.05) is 71.4 Å². The lowest BCUT2D eigenvalue weighted by atomic mass is 10.2. The van der Waals surface area contributed by atoms with Gasteiger partial charge in [0.25, 0.3) is 5.91 Å². The largest absolute Gasteiger partial charge is 0.338 e. The van der Waals surface area contributed by atoms with Crippen molar-refractivity contribution >= 4 is 46.1 Å². The molecule has 0 fully saturated rings. The summed E-state index contributed by atoms with van der Waals surface area (Å²) >= 11 is 5.01. The molecule has 0 aliphatic carbocycles. The van der Waals surface area contributed by atoms with Gasteiger partial charge in [0.1, 0.15) is 6.54 Å². The first-order chi connectivity index (χ1) is 13.1. The highest BCUT2D eigenvalue weighted by molar-refractivity contribution is 7.80. The number of aromatic nitrogens is 1. The lowest BCUT2D eigenvalue weighted by Gasteiger charge is -2.10. The van der Waals surface area contributed by atoms with Crippen LogP contribution in [0, 0.1) is 0 Å². The van der Waals surface area contributed by atoms with Crippen LogP contribution in [0.5, 0.6) is 0 Å². The average molecular weight is 378 g/mol. The Labute approximate surface area is 161 Å². The maximum Gasteiger partial charge on any atom is 0.258 e. The molecule has 0 bridgehead atoms. The highest BCUT2D eigenvalue weighted by Gasteiger charge is 2.07. The Hall–Kier alpha value is -3.45. The van der Waals surface area contributed by atoms with Crippen LogP contribution in [0.4, 0.5) is 0 Å². The van der Waals surface area contributed by atoms with Crippen LogP contribution in [0.15, 0.2) is 72.9 Å². The van der Waals surface area contributed by atoms with E-state index < -0.39 is 0 Å². The SMILES string of the molecule is O=C(/C=C/c1ccccc1)NC(=S)NNC(=O)Cn1ccc2ccccc21. The predicted octanol–water partition coefficient (Wildman–Crippen LogP) is 2.38. The number of carbonyl (C=O) groups is 2. The molecule has 3 aromatic rings. The van der Waals surface area contributed by atoms with Crippen molar-refractivity contribution < 1.29 is 9.59 Å². The van der Waals surface area contributed by atoms with E-state index in [-0.39, 0.29) is 23.5 Å². The van der Waals surface area contributed by atoms with Crippen molar-refractivity contribution in [3.8, 4) is 0 Å². The van der Waals surface area contributed by atoms with Crippen LogP contribution in [-0.4, -0.2) is 21.5 Å². The van der Waals surface area contributed by atoms with Gasteiger partial charge in [-0.05, 0) is 41.4 Å². The zero-order chi connectivity index (χ0) is 19.1. The normalized spacial score (nSPS) is 10.7. The Morgan fingerprint density at radius 1 is 0.963 bits per heavy atom. The molecule has 2 amide bonds. The molecule has 0 aliphatic rings. The Morgan fingerprint density at radius 3 is 2.52 bits per heavy atom. The number of fused-ring (bicyclic) bond motifs is 1. The van der Waals surface area contributed by atoms with Crippen LogP contribution in [0.3, 0.4) is 0 Å². The van der Waals surface area contributed by atoms with E-state index in [4.69, 9.17) is 12.2 Å². The van der Waals surface area contributed by atoms with Gasteiger partial charge in [0, 0.05) is 17.8 Å². The van der Waals surface area contributed by atoms with Crippen LogP contribution in [0.2, 0.25) is 0 Å². The fraction of sp³-hybridized carbons (Fsp3) is 0.0500. The number of hydrazine groups is 1. The summed E-state index contributed by atoms with van der Waals surface area (Å²) in [6.07, 6.45) is 4.89. The number of carbonyl (C=O) groups excluding carboxylic acids is 2. The Kier molecular flexibility index (Phi) is 5.96. The van der Waals surface area contributed by atoms with Crippen molar-refractivity contribution in [1.82, 2.24) is 20.7 Å². The Morgan fingerprint density at radius 2 is 1.70 bits per heavy atom. The Balaban J connectivity index is 1.45. The third-order valence-corrected chi connectivity index (χ3v) is 3.98. The third-order valence-electron chi connectivity index (χ3n) is 3.77. The van der Waals surface area contributed by atoms with Gasteiger partial charge < -0.3 is 4.57 Å². The first-order valence-corrected chi connectivity index (χ1v) is 8.69. The summed E-state index contributed by atoms with van der Waals surface area (Å²) in [6.45, 7) is 0.130.